The first kappa shape index (κ1) is 12.2. The van der Waals surface area contributed by atoms with Crippen molar-refractivity contribution in [3.8, 4) is 0 Å². The molecule has 2 atom stereocenters. The van der Waals surface area contributed by atoms with Gasteiger partial charge >= 0.3 is 5.97 Å². The number of hydrogen-bond donors (Lipinski definition) is 2. The maximum absolute atomic E-state index is 13.5. The highest BCUT2D eigenvalue weighted by Gasteiger charge is 2.45. The van der Waals surface area contributed by atoms with Crippen LogP contribution < -0.4 is 5.32 Å². The van der Waals surface area contributed by atoms with Gasteiger partial charge in [0.1, 0.15) is 11.4 Å². The molecule has 92 valence electrons. The third-order valence-electron chi connectivity index (χ3n) is 2.91. The molecule has 0 radical (unpaired) electrons. The molecule has 1 aliphatic rings. The lowest BCUT2D eigenvalue weighted by Gasteiger charge is -2.26. The predicted octanol–water partition coefficient (Wildman–Crippen LogP) is 2.59. The average molecular weight is 255 g/mol. The highest BCUT2D eigenvalue weighted by Crippen LogP contribution is 2.37. The molecule has 3 nitrogen and oxygen atoms in total. The van der Waals surface area contributed by atoms with Crippen molar-refractivity contribution >= 4 is 23.4 Å². The van der Waals surface area contributed by atoms with E-state index in [1.54, 1.807) is 30.0 Å². The summed E-state index contributed by atoms with van der Waals surface area (Å²) in [5.41, 5.74) is -0.795. The zero-order chi connectivity index (χ0) is 12.5. The number of carboxylic acid groups (broad SMARTS) is 1. The Bertz CT molecular complexity index is 440. The summed E-state index contributed by atoms with van der Waals surface area (Å²) in [5.74, 6) is -0.882. The van der Waals surface area contributed by atoms with Crippen LogP contribution in [-0.2, 0) is 4.79 Å². The summed E-state index contributed by atoms with van der Waals surface area (Å²) in [6.07, 6.45) is 0.501. The van der Waals surface area contributed by atoms with Crippen molar-refractivity contribution in [3.05, 3.63) is 30.1 Å². The molecule has 5 heteroatoms. The van der Waals surface area contributed by atoms with E-state index in [1.807, 2.05) is 6.92 Å². The number of benzene rings is 1. The maximum Gasteiger partial charge on any atom is 0.330 e. The first-order valence-corrected chi connectivity index (χ1v) is 6.46. The Morgan fingerprint density at radius 1 is 1.59 bits per heavy atom. The van der Waals surface area contributed by atoms with Crippen molar-refractivity contribution in [1.29, 1.82) is 0 Å². The summed E-state index contributed by atoms with van der Waals surface area (Å²) in [4.78, 5) is 11.4. The monoisotopic (exact) mass is 255 g/mol. The molecular formula is C12H14FNO2S. The van der Waals surface area contributed by atoms with E-state index in [-0.39, 0.29) is 10.9 Å². The standard InChI is InChI=1S/C12H14FNO2S/c1-8-6-12(7-17-8,11(15)16)14-10-5-3-2-4-9(10)13/h2-5,8,14H,6-7H2,1H3,(H,15,16). The van der Waals surface area contributed by atoms with Crippen molar-refractivity contribution in [2.45, 2.75) is 24.1 Å². The number of anilines is 1. The summed E-state index contributed by atoms with van der Waals surface area (Å²) >= 11 is 1.59. The number of nitrogens with one attached hydrogen (secondary N) is 1. The average Bonchev–Trinajstić information content (AvgIpc) is 2.65. The van der Waals surface area contributed by atoms with Gasteiger partial charge in [-0.1, -0.05) is 19.1 Å². The molecule has 0 bridgehead atoms. The minimum atomic E-state index is -1.05. The zero-order valence-corrected chi connectivity index (χ0v) is 10.3. The van der Waals surface area contributed by atoms with E-state index >= 15 is 0 Å². The van der Waals surface area contributed by atoms with Crippen LogP contribution in [-0.4, -0.2) is 27.6 Å². The second-order valence-corrected chi connectivity index (χ2v) is 5.74. The normalized spacial score (nSPS) is 28.0. The highest BCUT2D eigenvalue weighted by molar-refractivity contribution is 8.00. The Morgan fingerprint density at radius 3 is 2.82 bits per heavy atom. The predicted molar refractivity (Wildman–Crippen MR) is 66.9 cm³/mol. The number of thioether (sulfide) groups is 1. The van der Waals surface area contributed by atoms with Crippen LogP contribution in [0.3, 0.4) is 0 Å². The lowest BCUT2D eigenvalue weighted by molar-refractivity contribution is -0.141. The van der Waals surface area contributed by atoms with Gasteiger partial charge in [-0.25, -0.2) is 9.18 Å². The van der Waals surface area contributed by atoms with Gasteiger partial charge in [-0.2, -0.15) is 11.8 Å². The van der Waals surface area contributed by atoms with Crippen molar-refractivity contribution in [2.75, 3.05) is 11.1 Å². The summed E-state index contributed by atoms with van der Waals surface area (Å²) in [7, 11) is 0. The number of carbonyl (C=O) groups is 1. The lowest BCUT2D eigenvalue weighted by atomic mass is 9.96. The molecule has 0 aliphatic carbocycles. The fourth-order valence-electron chi connectivity index (χ4n) is 2.00. The molecule has 2 N–H and O–H groups in total. The van der Waals surface area contributed by atoms with Crippen molar-refractivity contribution in [2.24, 2.45) is 0 Å². The Labute approximate surface area is 103 Å². The summed E-state index contributed by atoms with van der Waals surface area (Å²) in [6.45, 7) is 1.98. The number of aliphatic carboxylic acids is 1. The van der Waals surface area contributed by atoms with Crippen molar-refractivity contribution in [3.63, 3.8) is 0 Å². The van der Waals surface area contributed by atoms with Crippen LogP contribution in [0.1, 0.15) is 13.3 Å². The molecule has 0 spiro atoms. The Morgan fingerprint density at radius 2 is 2.29 bits per heavy atom. The smallest absolute Gasteiger partial charge is 0.330 e. The molecule has 1 saturated heterocycles. The van der Waals surface area contributed by atoms with Crippen LogP contribution in [0.2, 0.25) is 0 Å². The number of halogens is 1. The molecule has 0 saturated carbocycles. The molecule has 0 amide bonds. The fourth-order valence-corrected chi connectivity index (χ4v) is 3.29. The first-order valence-electron chi connectivity index (χ1n) is 5.41. The quantitative estimate of drug-likeness (QED) is 0.871. The van der Waals surface area contributed by atoms with Crippen LogP contribution >= 0.6 is 11.8 Å². The summed E-state index contributed by atoms with van der Waals surface area (Å²) in [6, 6.07) is 6.16. The van der Waals surface area contributed by atoms with Gasteiger partial charge in [-0.05, 0) is 18.6 Å². The lowest BCUT2D eigenvalue weighted by Crippen LogP contribution is -2.47. The Kier molecular flexibility index (Phi) is 3.28. The molecule has 2 rings (SSSR count). The maximum atomic E-state index is 13.5. The second kappa shape index (κ2) is 4.56. The number of para-hydroxylation sites is 1. The minimum Gasteiger partial charge on any atom is -0.479 e. The number of hydrogen-bond acceptors (Lipinski definition) is 3. The van der Waals surface area contributed by atoms with Gasteiger partial charge in [0.25, 0.3) is 0 Å². The van der Waals surface area contributed by atoms with Gasteiger partial charge in [-0.15, -0.1) is 0 Å². The van der Waals surface area contributed by atoms with E-state index < -0.39 is 17.3 Å². The molecular weight excluding hydrogens is 241 g/mol. The molecule has 1 fully saturated rings. The summed E-state index contributed by atoms with van der Waals surface area (Å²) < 4.78 is 13.5. The molecule has 1 heterocycles. The fraction of sp³-hybridized carbons (Fsp3) is 0.417. The van der Waals surface area contributed by atoms with Crippen LogP contribution in [0.25, 0.3) is 0 Å². The number of carboxylic acids is 1. The largest absolute Gasteiger partial charge is 0.479 e. The van der Waals surface area contributed by atoms with Gasteiger partial charge in [-0.3, -0.25) is 0 Å². The number of rotatable bonds is 3. The van der Waals surface area contributed by atoms with E-state index in [0.29, 0.717) is 12.2 Å². The van der Waals surface area contributed by atoms with Crippen LogP contribution in [0.15, 0.2) is 24.3 Å². The van der Waals surface area contributed by atoms with E-state index in [4.69, 9.17) is 0 Å². The molecule has 1 aromatic rings. The van der Waals surface area contributed by atoms with Gasteiger partial charge in [0.2, 0.25) is 0 Å². The van der Waals surface area contributed by atoms with Gasteiger partial charge in [0.15, 0.2) is 0 Å². The van der Waals surface area contributed by atoms with E-state index in [0.717, 1.165) is 0 Å². The molecule has 0 aromatic heterocycles. The van der Waals surface area contributed by atoms with E-state index in [1.165, 1.54) is 6.07 Å². The minimum absolute atomic E-state index is 0.254. The molecule has 2 unspecified atom stereocenters. The van der Waals surface area contributed by atoms with Crippen LogP contribution in [0.4, 0.5) is 10.1 Å². The van der Waals surface area contributed by atoms with Gasteiger partial charge in [0, 0.05) is 11.0 Å². The van der Waals surface area contributed by atoms with Crippen LogP contribution in [0, 0.1) is 5.82 Å². The second-order valence-electron chi connectivity index (χ2n) is 4.32. The highest BCUT2D eigenvalue weighted by atomic mass is 32.2. The topological polar surface area (TPSA) is 49.3 Å². The molecule has 17 heavy (non-hydrogen) atoms. The van der Waals surface area contributed by atoms with Crippen molar-refractivity contribution < 1.29 is 14.3 Å². The molecule has 1 aromatic carbocycles. The third-order valence-corrected chi connectivity index (χ3v) is 4.30. The third kappa shape index (κ3) is 2.39. The first-order chi connectivity index (χ1) is 8.03. The SMILES string of the molecule is CC1CC(Nc2ccccc2F)(C(=O)O)CS1. The Balaban J connectivity index is 2.26. The van der Waals surface area contributed by atoms with Gasteiger partial charge < -0.3 is 10.4 Å². The van der Waals surface area contributed by atoms with Crippen LogP contribution in [0.5, 0.6) is 0 Å². The van der Waals surface area contributed by atoms with Gasteiger partial charge in [0.05, 0.1) is 5.69 Å². The Hall–Kier alpha value is -1.23. The molecule has 1 aliphatic heterocycles. The summed E-state index contributed by atoms with van der Waals surface area (Å²) in [5, 5.41) is 12.5. The van der Waals surface area contributed by atoms with E-state index in [9.17, 15) is 14.3 Å². The zero-order valence-electron chi connectivity index (χ0n) is 9.44. The van der Waals surface area contributed by atoms with Crippen molar-refractivity contribution in [1.82, 2.24) is 0 Å². The van der Waals surface area contributed by atoms with E-state index in [2.05, 4.69) is 5.32 Å².